The van der Waals surface area contributed by atoms with Crippen LogP contribution in [0.2, 0.25) is 0 Å². The summed E-state index contributed by atoms with van der Waals surface area (Å²) in [6, 6.07) is 0. The Kier molecular flexibility index (Phi) is 2.66. The monoisotopic (exact) mass is 148 g/mol. The quantitative estimate of drug-likeness (QED) is 0.554. The molecule has 0 aromatic carbocycles. The van der Waals surface area contributed by atoms with Gasteiger partial charge in [0, 0.05) is 17.6 Å². The molecule has 0 unspecified atom stereocenters. The fourth-order valence-corrected chi connectivity index (χ4v) is 0.824. The van der Waals surface area contributed by atoms with Gasteiger partial charge in [-0.2, -0.15) is 0 Å². The van der Waals surface area contributed by atoms with Crippen molar-refractivity contribution in [1.29, 1.82) is 0 Å². The van der Waals surface area contributed by atoms with E-state index in [0.29, 0.717) is 6.54 Å². The molecule has 1 N–H and O–H groups in total. The normalized spacial score (nSPS) is 24.1. The van der Waals surface area contributed by atoms with E-state index in [0.717, 1.165) is 11.4 Å². The first-order valence-electron chi connectivity index (χ1n) is 3.60. The lowest BCUT2D eigenvalue weighted by Gasteiger charge is -2.08. The Morgan fingerprint density at radius 2 is 2.55 bits per heavy atom. The van der Waals surface area contributed by atoms with Crippen LogP contribution < -0.4 is 5.32 Å². The van der Waals surface area contributed by atoms with Gasteiger partial charge in [-0.1, -0.05) is 12.7 Å². The maximum Gasteiger partial charge on any atom is 0.0783 e. The summed E-state index contributed by atoms with van der Waals surface area (Å²) in [5.41, 5.74) is 2.00. The van der Waals surface area contributed by atoms with Gasteiger partial charge in [0.05, 0.1) is 6.54 Å². The van der Waals surface area contributed by atoms with E-state index in [-0.39, 0.29) is 0 Å². The van der Waals surface area contributed by atoms with E-state index in [1.807, 2.05) is 25.2 Å². The van der Waals surface area contributed by atoms with Crippen molar-refractivity contribution in [2.24, 2.45) is 4.99 Å². The lowest BCUT2D eigenvalue weighted by Crippen LogP contribution is -2.13. The van der Waals surface area contributed by atoms with Crippen molar-refractivity contribution in [3.8, 4) is 0 Å². The number of nitrogens with zero attached hydrogens (tertiary/aromatic N) is 1. The molecule has 0 aliphatic carbocycles. The molecule has 2 nitrogen and oxygen atoms in total. The van der Waals surface area contributed by atoms with Crippen molar-refractivity contribution < 1.29 is 0 Å². The van der Waals surface area contributed by atoms with Gasteiger partial charge in [0.25, 0.3) is 0 Å². The minimum atomic E-state index is 0.654. The second kappa shape index (κ2) is 3.76. The molecule has 0 radical (unpaired) electrons. The van der Waals surface area contributed by atoms with Crippen LogP contribution in [0.3, 0.4) is 0 Å². The summed E-state index contributed by atoms with van der Waals surface area (Å²) in [4.78, 5) is 4.08. The van der Waals surface area contributed by atoms with Gasteiger partial charge < -0.3 is 5.32 Å². The Morgan fingerprint density at radius 1 is 1.73 bits per heavy atom. The Bertz CT molecular complexity index is 234. The molecule has 1 aliphatic rings. The molecule has 0 fully saturated rings. The number of rotatable bonds is 0. The van der Waals surface area contributed by atoms with E-state index in [1.165, 1.54) is 0 Å². The van der Waals surface area contributed by atoms with E-state index in [1.54, 1.807) is 6.21 Å². The lowest BCUT2D eigenvalue weighted by atomic mass is 10.3. The third-order valence-electron chi connectivity index (χ3n) is 1.38. The van der Waals surface area contributed by atoms with Crippen molar-refractivity contribution >= 4 is 6.21 Å². The molecular weight excluding hydrogens is 136 g/mol. The Labute approximate surface area is 67.0 Å². The third kappa shape index (κ3) is 2.42. The highest BCUT2D eigenvalue weighted by molar-refractivity contribution is 5.72. The van der Waals surface area contributed by atoms with Crippen molar-refractivity contribution in [2.45, 2.75) is 6.92 Å². The highest BCUT2D eigenvalue weighted by atomic mass is 14.9. The number of hydrogen-bond donors (Lipinski definition) is 1. The third-order valence-corrected chi connectivity index (χ3v) is 1.38. The second-order valence-corrected chi connectivity index (χ2v) is 2.32. The second-order valence-electron chi connectivity index (χ2n) is 2.32. The van der Waals surface area contributed by atoms with Gasteiger partial charge in [-0.25, -0.2) is 0 Å². The average Bonchev–Trinajstić information content (AvgIpc) is 1.96. The molecule has 11 heavy (non-hydrogen) atoms. The van der Waals surface area contributed by atoms with E-state index < -0.39 is 0 Å². The van der Waals surface area contributed by atoms with Crippen LogP contribution in [0.1, 0.15) is 6.92 Å². The number of allylic oxidation sites excluding steroid dienone is 3. The Balaban J connectivity index is 2.76. The van der Waals surface area contributed by atoms with Gasteiger partial charge in [-0.3, -0.25) is 4.99 Å². The molecule has 0 spiro atoms. The summed E-state index contributed by atoms with van der Waals surface area (Å²) < 4.78 is 0. The van der Waals surface area contributed by atoms with Gasteiger partial charge in [-0.15, -0.1) is 0 Å². The molecule has 0 atom stereocenters. The van der Waals surface area contributed by atoms with E-state index in [9.17, 15) is 0 Å². The minimum Gasteiger partial charge on any atom is -0.358 e. The van der Waals surface area contributed by atoms with Crippen LogP contribution in [0.25, 0.3) is 0 Å². The number of aliphatic imine (C=N–C) groups is 1. The predicted molar refractivity (Wildman–Crippen MR) is 48.5 cm³/mol. The maximum atomic E-state index is 4.08. The van der Waals surface area contributed by atoms with Crippen LogP contribution >= 0.6 is 0 Å². The van der Waals surface area contributed by atoms with Crippen molar-refractivity contribution in [3.63, 3.8) is 0 Å². The topological polar surface area (TPSA) is 24.4 Å². The lowest BCUT2D eigenvalue weighted by molar-refractivity contribution is 0.941. The van der Waals surface area contributed by atoms with Crippen LogP contribution in [0.15, 0.2) is 41.2 Å². The zero-order valence-electron chi connectivity index (χ0n) is 6.67. The van der Waals surface area contributed by atoms with Crippen molar-refractivity contribution in [3.05, 3.63) is 36.2 Å². The van der Waals surface area contributed by atoms with Crippen LogP contribution in [-0.2, 0) is 0 Å². The molecule has 1 rings (SSSR count). The molecule has 1 aliphatic heterocycles. The Morgan fingerprint density at radius 3 is 3.27 bits per heavy atom. The molecular formula is C9H12N2. The van der Waals surface area contributed by atoms with Gasteiger partial charge in [0.15, 0.2) is 0 Å². The summed E-state index contributed by atoms with van der Waals surface area (Å²) >= 11 is 0. The fourth-order valence-electron chi connectivity index (χ4n) is 0.824. The van der Waals surface area contributed by atoms with Crippen LogP contribution in [-0.4, -0.2) is 12.8 Å². The first-order chi connectivity index (χ1) is 5.33. The van der Waals surface area contributed by atoms with Gasteiger partial charge in [0.2, 0.25) is 0 Å². The first-order valence-corrected chi connectivity index (χ1v) is 3.60. The van der Waals surface area contributed by atoms with E-state index >= 15 is 0 Å². The van der Waals surface area contributed by atoms with Gasteiger partial charge >= 0.3 is 0 Å². The van der Waals surface area contributed by atoms with Crippen molar-refractivity contribution in [1.82, 2.24) is 5.32 Å². The highest BCUT2D eigenvalue weighted by Gasteiger charge is 1.94. The smallest absolute Gasteiger partial charge is 0.0783 e. The maximum absolute atomic E-state index is 4.08. The molecule has 0 aromatic rings. The zero-order valence-corrected chi connectivity index (χ0v) is 6.67. The Hall–Kier alpha value is -1.31. The van der Waals surface area contributed by atoms with E-state index in [4.69, 9.17) is 0 Å². The largest absolute Gasteiger partial charge is 0.358 e. The summed E-state index contributed by atoms with van der Waals surface area (Å²) in [6.07, 6.45) is 7.67. The van der Waals surface area contributed by atoms with Crippen LogP contribution in [0.5, 0.6) is 0 Å². The van der Waals surface area contributed by atoms with Gasteiger partial charge in [-0.05, 0) is 19.1 Å². The van der Waals surface area contributed by atoms with Crippen LogP contribution in [0, 0.1) is 0 Å². The molecule has 0 aromatic heterocycles. The molecule has 0 saturated heterocycles. The first kappa shape index (κ1) is 7.79. The highest BCUT2D eigenvalue weighted by Crippen LogP contribution is 1.98. The molecule has 58 valence electrons. The standard InChI is InChI=1S/C9H12N2/c1-3-9-5-4-6-10-7-8(2)11-9/h3-6,11H,2,7H2,1H3/b5-4-,9-3-,10-6?. The van der Waals surface area contributed by atoms with Crippen LogP contribution in [0.4, 0.5) is 0 Å². The minimum absolute atomic E-state index is 0.654. The van der Waals surface area contributed by atoms with Gasteiger partial charge in [0.1, 0.15) is 0 Å². The predicted octanol–water partition coefficient (Wildman–Crippen LogP) is 1.63. The summed E-state index contributed by atoms with van der Waals surface area (Å²) in [5, 5.41) is 3.13. The summed E-state index contributed by atoms with van der Waals surface area (Å²) in [5.74, 6) is 0. The molecule has 1 heterocycles. The molecule has 0 amide bonds. The molecule has 0 bridgehead atoms. The zero-order chi connectivity index (χ0) is 8.10. The van der Waals surface area contributed by atoms with E-state index in [2.05, 4.69) is 16.9 Å². The number of hydrogen-bond acceptors (Lipinski definition) is 2. The number of nitrogens with one attached hydrogen (secondary N) is 1. The average molecular weight is 148 g/mol. The van der Waals surface area contributed by atoms with Crippen molar-refractivity contribution in [2.75, 3.05) is 6.54 Å². The summed E-state index contributed by atoms with van der Waals surface area (Å²) in [7, 11) is 0. The SMILES string of the molecule is C=C1CN=C/C=C\C(=C\C)N1. The fraction of sp³-hybridized carbons (Fsp3) is 0.222. The summed E-state index contributed by atoms with van der Waals surface area (Å²) in [6.45, 7) is 6.45. The molecule has 2 heteroatoms. The molecule has 0 saturated carbocycles.